The minimum absolute atomic E-state index is 0.0443. The lowest BCUT2D eigenvalue weighted by Gasteiger charge is -2.30. The largest absolute Gasteiger partial charge is 0.490 e. The third-order valence-electron chi connectivity index (χ3n) is 8.92. The van der Waals surface area contributed by atoms with Crippen LogP contribution in [0.3, 0.4) is 0 Å². The second-order valence-corrected chi connectivity index (χ2v) is 11.6. The molecule has 6 heteroatoms. The van der Waals surface area contributed by atoms with Crippen molar-refractivity contribution in [3.05, 3.63) is 76.9 Å². The Morgan fingerprint density at radius 3 is 2.05 bits per heavy atom. The van der Waals surface area contributed by atoms with Crippen molar-refractivity contribution in [3.63, 3.8) is 0 Å². The van der Waals surface area contributed by atoms with Crippen molar-refractivity contribution in [1.82, 2.24) is 0 Å². The minimum Gasteiger partial charge on any atom is -0.490 e. The molecule has 2 aliphatic rings. The molecular weight excluding hydrogens is 516 g/mol. The number of aryl methyl sites for hydroxylation is 1. The fourth-order valence-corrected chi connectivity index (χ4v) is 6.40. The number of unbranched alkanes of at least 4 members (excludes halogenated alkanes) is 1. The van der Waals surface area contributed by atoms with Gasteiger partial charge in [-0.1, -0.05) is 37.6 Å². The topological polar surface area (TPSA) is 18.5 Å². The molecule has 0 heterocycles. The quantitative estimate of drug-likeness (QED) is 0.138. The second-order valence-electron chi connectivity index (χ2n) is 11.6. The van der Waals surface area contributed by atoms with Crippen LogP contribution in [0.2, 0.25) is 0 Å². The van der Waals surface area contributed by atoms with Crippen molar-refractivity contribution in [2.24, 2.45) is 5.92 Å². The molecule has 0 unspecified atom stereocenters. The van der Waals surface area contributed by atoms with Gasteiger partial charge in [0.15, 0.2) is 23.2 Å². The zero-order valence-corrected chi connectivity index (χ0v) is 23.8. The highest BCUT2D eigenvalue weighted by atomic mass is 19.2. The Hall–Kier alpha value is -2.34. The molecule has 2 aromatic rings. The number of ether oxygens (including phenoxy) is 2. The van der Waals surface area contributed by atoms with Crippen molar-refractivity contribution in [3.8, 4) is 5.75 Å². The summed E-state index contributed by atoms with van der Waals surface area (Å²) in [5, 5.41) is 0. The number of hydrogen-bond donors (Lipinski definition) is 0. The molecule has 0 saturated heterocycles. The molecule has 0 spiro atoms. The monoisotopic (exact) mass is 560 g/mol. The summed E-state index contributed by atoms with van der Waals surface area (Å²) in [6, 6.07) is 6.70. The maximum absolute atomic E-state index is 15.1. The van der Waals surface area contributed by atoms with E-state index in [4.69, 9.17) is 9.47 Å². The van der Waals surface area contributed by atoms with Crippen LogP contribution in [0.4, 0.5) is 17.6 Å². The molecule has 2 aliphatic carbocycles. The molecular formula is C34H44F4O2. The molecule has 2 nitrogen and oxygen atoms in total. The Morgan fingerprint density at radius 1 is 0.775 bits per heavy atom. The van der Waals surface area contributed by atoms with E-state index in [1.807, 2.05) is 0 Å². The molecule has 40 heavy (non-hydrogen) atoms. The summed E-state index contributed by atoms with van der Waals surface area (Å²) in [4.78, 5) is 0. The standard InChI is InChI=1S/C34H44F4O2/c1-3-5-21-39-27-16-13-25(14-17-27)28-18-15-26(31(35)32(28)36)12-9-23-7-10-24(11-8-23)29-19-20-30(34(38)33(29)37)40-22-6-4-2/h4,15,18-20,23-25,27H,2-3,5-14,16-17,21-22H2,1H3. The summed E-state index contributed by atoms with van der Waals surface area (Å²) in [6.45, 7) is 6.77. The highest BCUT2D eigenvalue weighted by Gasteiger charge is 2.29. The Labute approximate surface area is 237 Å². The molecule has 0 bridgehead atoms. The van der Waals surface area contributed by atoms with Gasteiger partial charge in [-0.15, -0.1) is 6.58 Å². The summed E-state index contributed by atoms with van der Waals surface area (Å²) in [6.07, 6.45) is 12.5. The molecule has 0 amide bonds. The first-order valence-electron chi connectivity index (χ1n) is 15.2. The SMILES string of the molecule is C=CCCOc1ccc(C2CCC(CCc3ccc(C4CCC(OCCCC)CC4)c(F)c3F)CC2)c(F)c1F. The van der Waals surface area contributed by atoms with E-state index in [9.17, 15) is 8.78 Å². The van der Waals surface area contributed by atoms with Crippen molar-refractivity contribution in [1.29, 1.82) is 0 Å². The van der Waals surface area contributed by atoms with Gasteiger partial charge in [-0.25, -0.2) is 13.2 Å². The predicted molar refractivity (Wildman–Crippen MR) is 152 cm³/mol. The number of halogens is 4. The molecule has 0 N–H and O–H groups in total. The second kappa shape index (κ2) is 15.0. The highest BCUT2D eigenvalue weighted by Crippen LogP contribution is 2.41. The van der Waals surface area contributed by atoms with Gasteiger partial charge in [0.05, 0.1) is 12.7 Å². The van der Waals surface area contributed by atoms with Crippen molar-refractivity contribution in [2.75, 3.05) is 13.2 Å². The van der Waals surface area contributed by atoms with Crippen LogP contribution in [0.25, 0.3) is 0 Å². The summed E-state index contributed by atoms with van der Waals surface area (Å²) < 4.78 is 70.7. The van der Waals surface area contributed by atoms with Crippen LogP contribution in [0.15, 0.2) is 36.9 Å². The predicted octanol–water partition coefficient (Wildman–Crippen LogP) is 9.95. The van der Waals surface area contributed by atoms with Gasteiger partial charge in [-0.05, 0) is 118 Å². The zero-order valence-electron chi connectivity index (χ0n) is 23.8. The molecule has 0 aliphatic heterocycles. The first-order chi connectivity index (χ1) is 19.4. The molecule has 220 valence electrons. The summed E-state index contributed by atoms with van der Waals surface area (Å²) in [5.74, 6) is -2.87. The summed E-state index contributed by atoms with van der Waals surface area (Å²) in [5.41, 5.74) is 1.33. The number of hydrogen-bond acceptors (Lipinski definition) is 2. The van der Waals surface area contributed by atoms with Gasteiger partial charge in [0.1, 0.15) is 0 Å². The van der Waals surface area contributed by atoms with Crippen LogP contribution in [0.5, 0.6) is 5.75 Å². The average Bonchev–Trinajstić information content (AvgIpc) is 2.97. The average molecular weight is 561 g/mol. The fraction of sp³-hybridized carbons (Fsp3) is 0.588. The highest BCUT2D eigenvalue weighted by molar-refractivity contribution is 5.33. The Bertz CT molecular complexity index is 1100. The van der Waals surface area contributed by atoms with Crippen LogP contribution in [-0.4, -0.2) is 19.3 Å². The molecule has 0 atom stereocenters. The van der Waals surface area contributed by atoms with E-state index in [0.717, 1.165) is 77.2 Å². The van der Waals surface area contributed by atoms with E-state index < -0.39 is 23.3 Å². The molecule has 2 saturated carbocycles. The normalized spacial score (nSPS) is 23.2. The van der Waals surface area contributed by atoms with Gasteiger partial charge in [0.2, 0.25) is 5.82 Å². The van der Waals surface area contributed by atoms with Gasteiger partial charge in [0.25, 0.3) is 0 Å². The maximum Gasteiger partial charge on any atom is 0.200 e. The molecule has 2 aromatic carbocycles. The molecule has 2 fully saturated rings. The van der Waals surface area contributed by atoms with Crippen LogP contribution < -0.4 is 4.74 Å². The lowest BCUT2D eigenvalue weighted by Crippen LogP contribution is -2.22. The van der Waals surface area contributed by atoms with E-state index in [2.05, 4.69) is 13.5 Å². The van der Waals surface area contributed by atoms with E-state index >= 15 is 8.78 Å². The fourth-order valence-electron chi connectivity index (χ4n) is 6.40. The lowest BCUT2D eigenvalue weighted by molar-refractivity contribution is 0.0230. The van der Waals surface area contributed by atoms with Crippen LogP contribution in [-0.2, 0) is 11.2 Å². The Kier molecular flexibility index (Phi) is 11.5. The third kappa shape index (κ3) is 7.69. The van der Waals surface area contributed by atoms with Crippen molar-refractivity contribution >= 4 is 0 Å². The Morgan fingerprint density at radius 2 is 1.40 bits per heavy atom. The molecule has 4 rings (SSSR count). The molecule has 0 aromatic heterocycles. The van der Waals surface area contributed by atoms with Gasteiger partial charge < -0.3 is 9.47 Å². The van der Waals surface area contributed by atoms with E-state index in [1.165, 1.54) is 6.07 Å². The maximum atomic E-state index is 15.1. The van der Waals surface area contributed by atoms with Gasteiger partial charge in [-0.3, -0.25) is 0 Å². The van der Waals surface area contributed by atoms with E-state index in [1.54, 1.807) is 24.3 Å². The summed E-state index contributed by atoms with van der Waals surface area (Å²) in [7, 11) is 0. The molecule has 0 radical (unpaired) electrons. The lowest BCUT2D eigenvalue weighted by atomic mass is 9.76. The minimum atomic E-state index is -0.932. The van der Waals surface area contributed by atoms with Gasteiger partial charge in [-0.2, -0.15) is 4.39 Å². The van der Waals surface area contributed by atoms with Crippen molar-refractivity contribution < 1.29 is 27.0 Å². The van der Waals surface area contributed by atoms with Crippen LogP contribution in [0.1, 0.15) is 112 Å². The number of benzene rings is 2. The Balaban J connectivity index is 1.26. The van der Waals surface area contributed by atoms with Gasteiger partial charge >= 0.3 is 0 Å². The van der Waals surface area contributed by atoms with Gasteiger partial charge in [0, 0.05) is 6.61 Å². The first-order valence-corrected chi connectivity index (χ1v) is 15.2. The first kappa shape index (κ1) is 30.6. The van der Waals surface area contributed by atoms with E-state index in [-0.39, 0.29) is 30.3 Å². The smallest absolute Gasteiger partial charge is 0.200 e. The summed E-state index contributed by atoms with van der Waals surface area (Å²) >= 11 is 0. The third-order valence-corrected chi connectivity index (χ3v) is 8.92. The van der Waals surface area contributed by atoms with Crippen LogP contribution in [0, 0.1) is 29.2 Å². The van der Waals surface area contributed by atoms with E-state index in [0.29, 0.717) is 35.4 Å². The zero-order chi connectivity index (χ0) is 28.5. The van der Waals surface area contributed by atoms with Crippen molar-refractivity contribution in [2.45, 2.75) is 108 Å². The van der Waals surface area contributed by atoms with Crippen LogP contribution >= 0.6 is 0 Å². The number of rotatable bonds is 13.